The summed E-state index contributed by atoms with van der Waals surface area (Å²) in [6.07, 6.45) is 0. The molecule has 3 rings (SSSR count). The maximum atomic E-state index is 12.0. The molecular weight excluding hydrogens is 405 g/mol. The molecular formula is C19H17Cl2N3O2S. The second-order valence-corrected chi connectivity index (χ2v) is 7.70. The lowest BCUT2D eigenvalue weighted by molar-refractivity contribution is -0.118. The molecule has 1 aromatic heterocycles. The molecule has 1 heterocycles. The molecule has 27 heavy (non-hydrogen) atoms. The average Bonchev–Trinajstić information content (AvgIpc) is 3.12. The third-order valence-corrected chi connectivity index (χ3v) is 5.44. The van der Waals surface area contributed by atoms with Crippen molar-refractivity contribution in [2.75, 3.05) is 5.75 Å². The van der Waals surface area contributed by atoms with Gasteiger partial charge in [0.25, 0.3) is 0 Å². The third-order valence-electron chi connectivity index (χ3n) is 3.70. The van der Waals surface area contributed by atoms with Crippen LogP contribution in [-0.4, -0.2) is 21.8 Å². The van der Waals surface area contributed by atoms with Gasteiger partial charge < -0.3 is 9.84 Å². The van der Waals surface area contributed by atoms with Gasteiger partial charge in [0.05, 0.1) is 22.3 Å². The summed E-state index contributed by atoms with van der Waals surface area (Å²) in [5, 5.41) is 7.76. The van der Waals surface area contributed by atoms with Crippen LogP contribution in [0, 0.1) is 6.92 Å². The van der Waals surface area contributed by atoms with Crippen molar-refractivity contribution in [3.05, 3.63) is 69.5 Å². The molecule has 2 aromatic carbocycles. The maximum absolute atomic E-state index is 12.0. The predicted octanol–water partition coefficient (Wildman–Crippen LogP) is 4.90. The molecule has 0 atom stereocenters. The van der Waals surface area contributed by atoms with E-state index in [1.807, 2.05) is 37.3 Å². The van der Waals surface area contributed by atoms with E-state index in [-0.39, 0.29) is 12.5 Å². The second kappa shape index (κ2) is 9.26. The van der Waals surface area contributed by atoms with Crippen molar-refractivity contribution in [3.63, 3.8) is 0 Å². The number of carbonyl (C=O) groups is 1. The van der Waals surface area contributed by atoms with Gasteiger partial charge in [-0.05, 0) is 24.6 Å². The van der Waals surface area contributed by atoms with Gasteiger partial charge in [-0.1, -0.05) is 64.3 Å². The molecule has 1 amide bonds. The molecule has 1 N–H and O–H groups in total. The van der Waals surface area contributed by atoms with Crippen molar-refractivity contribution in [2.45, 2.75) is 19.2 Å². The third kappa shape index (κ3) is 5.73. The van der Waals surface area contributed by atoms with Crippen LogP contribution in [0.1, 0.15) is 17.0 Å². The first kappa shape index (κ1) is 19.7. The Labute approximate surface area is 171 Å². The maximum Gasteiger partial charge on any atom is 0.246 e. The first-order chi connectivity index (χ1) is 13.0. The summed E-state index contributed by atoms with van der Waals surface area (Å²) in [6, 6.07) is 13.3. The quantitative estimate of drug-likeness (QED) is 0.587. The first-order valence-corrected chi connectivity index (χ1v) is 10.1. The van der Waals surface area contributed by atoms with E-state index in [1.165, 1.54) is 11.8 Å². The van der Waals surface area contributed by atoms with Crippen molar-refractivity contribution in [1.29, 1.82) is 0 Å². The number of nitrogens with one attached hydrogen (secondary N) is 1. The van der Waals surface area contributed by atoms with Crippen LogP contribution in [0.5, 0.6) is 0 Å². The number of benzene rings is 2. The zero-order valence-corrected chi connectivity index (χ0v) is 16.9. The molecule has 3 aromatic rings. The molecule has 140 valence electrons. The van der Waals surface area contributed by atoms with Crippen molar-refractivity contribution in [1.82, 2.24) is 15.5 Å². The molecule has 5 nitrogen and oxygen atoms in total. The minimum atomic E-state index is -0.102. The fourth-order valence-corrected chi connectivity index (χ4v) is 3.39. The first-order valence-electron chi connectivity index (χ1n) is 8.19. The van der Waals surface area contributed by atoms with E-state index in [1.54, 1.807) is 12.1 Å². The van der Waals surface area contributed by atoms with Crippen LogP contribution in [-0.2, 0) is 17.1 Å². The summed E-state index contributed by atoms with van der Waals surface area (Å²) in [4.78, 5) is 16.3. The standard InChI is InChI=1S/C19H17Cl2N3O2S/c1-12-2-5-14(6-3-12)19-23-18(26-24-19)9-22-17(25)11-27-10-13-4-7-15(20)16(21)8-13/h2-8H,9-11H2,1H3,(H,22,25). The highest BCUT2D eigenvalue weighted by molar-refractivity contribution is 7.99. The molecule has 8 heteroatoms. The van der Waals surface area contributed by atoms with E-state index in [0.29, 0.717) is 33.3 Å². The lowest BCUT2D eigenvalue weighted by atomic mass is 10.1. The van der Waals surface area contributed by atoms with E-state index >= 15 is 0 Å². The summed E-state index contributed by atoms with van der Waals surface area (Å²) >= 11 is 13.4. The van der Waals surface area contributed by atoms with Gasteiger partial charge in [-0.25, -0.2) is 0 Å². The van der Waals surface area contributed by atoms with Crippen molar-refractivity contribution in [2.24, 2.45) is 0 Å². The molecule has 0 saturated carbocycles. The van der Waals surface area contributed by atoms with E-state index in [2.05, 4.69) is 15.5 Å². The normalized spacial score (nSPS) is 10.8. The Morgan fingerprint density at radius 2 is 1.93 bits per heavy atom. The van der Waals surface area contributed by atoms with Gasteiger partial charge in [-0.15, -0.1) is 11.8 Å². The van der Waals surface area contributed by atoms with Crippen LogP contribution < -0.4 is 5.32 Å². The highest BCUT2D eigenvalue weighted by Crippen LogP contribution is 2.24. The Bertz CT molecular complexity index is 929. The number of nitrogens with zero attached hydrogens (tertiary/aromatic N) is 2. The van der Waals surface area contributed by atoms with E-state index in [0.717, 1.165) is 16.7 Å². The number of thioether (sulfide) groups is 1. The number of hydrogen-bond donors (Lipinski definition) is 1. The number of halogens is 2. The summed E-state index contributed by atoms with van der Waals surface area (Å²) in [6.45, 7) is 2.21. The summed E-state index contributed by atoms with van der Waals surface area (Å²) < 4.78 is 5.19. The highest BCUT2D eigenvalue weighted by atomic mass is 35.5. The fraction of sp³-hybridized carbons (Fsp3) is 0.211. The molecule has 0 unspecified atom stereocenters. The number of carbonyl (C=O) groups excluding carboxylic acids is 1. The Balaban J connectivity index is 1.44. The van der Waals surface area contributed by atoms with Crippen LogP contribution in [0.3, 0.4) is 0 Å². The number of aryl methyl sites for hydroxylation is 1. The van der Waals surface area contributed by atoms with E-state index in [4.69, 9.17) is 27.7 Å². The molecule has 0 aliphatic carbocycles. The zero-order valence-electron chi connectivity index (χ0n) is 14.5. The van der Waals surface area contributed by atoms with Crippen LogP contribution in [0.4, 0.5) is 0 Å². The lowest BCUT2D eigenvalue weighted by Gasteiger charge is -2.04. The van der Waals surface area contributed by atoms with Crippen molar-refractivity contribution >= 4 is 40.9 Å². The molecule has 0 spiro atoms. The highest BCUT2D eigenvalue weighted by Gasteiger charge is 2.10. The summed E-state index contributed by atoms with van der Waals surface area (Å²) in [7, 11) is 0. The number of aromatic nitrogens is 2. The van der Waals surface area contributed by atoms with Crippen molar-refractivity contribution < 1.29 is 9.32 Å². The number of rotatable bonds is 7. The molecule has 0 aliphatic rings. The Morgan fingerprint density at radius 3 is 2.67 bits per heavy atom. The predicted molar refractivity (Wildman–Crippen MR) is 109 cm³/mol. The number of amides is 1. The van der Waals surface area contributed by atoms with Crippen LogP contribution >= 0.6 is 35.0 Å². The number of hydrogen-bond acceptors (Lipinski definition) is 5. The minimum absolute atomic E-state index is 0.102. The molecule has 0 radical (unpaired) electrons. The van der Waals surface area contributed by atoms with Crippen LogP contribution in [0.2, 0.25) is 10.0 Å². The van der Waals surface area contributed by atoms with Gasteiger partial charge >= 0.3 is 0 Å². The van der Waals surface area contributed by atoms with Crippen molar-refractivity contribution in [3.8, 4) is 11.4 Å². The Kier molecular flexibility index (Phi) is 6.77. The van der Waals surface area contributed by atoms with E-state index in [9.17, 15) is 4.79 Å². The molecule has 0 fully saturated rings. The van der Waals surface area contributed by atoms with Crippen LogP contribution in [0.25, 0.3) is 11.4 Å². The molecule has 0 saturated heterocycles. The van der Waals surface area contributed by atoms with Crippen LogP contribution in [0.15, 0.2) is 47.0 Å². The molecule has 0 aliphatic heterocycles. The van der Waals surface area contributed by atoms with Gasteiger partial charge in [-0.3, -0.25) is 4.79 Å². The smallest absolute Gasteiger partial charge is 0.246 e. The Morgan fingerprint density at radius 1 is 1.15 bits per heavy atom. The van der Waals surface area contributed by atoms with Gasteiger partial charge in [-0.2, -0.15) is 4.98 Å². The van der Waals surface area contributed by atoms with Gasteiger partial charge in [0.2, 0.25) is 17.6 Å². The summed E-state index contributed by atoms with van der Waals surface area (Å²) in [5.41, 5.74) is 3.05. The molecule has 0 bridgehead atoms. The largest absolute Gasteiger partial charge is 0.346 e. The van der Waals surface area contributed by atoms with Gasteiger partial charge in [0, 0.05) is 11.3 Å². The zero-order chi connectivity index (χ0) is 19.2. The Hall–Kier alpha value is -2.02. The monoisotopic (exact) mass is 421 g/mol. The lowest BCUT2D eigenvalue weighted by Crippen LogP contribution is -2.24. The topological polar surface area (TPSA) is 68.0 Å². The minimum Gasteiger partial charge on any atom is -0.346 e. The van der Waals surface area contributed by atoms with E-state index < -0.39 is 0 Å². The van der Waals surface area contributed by atoms with Gasteiger partial charge in [0.1, 0.15) is 0 Å². The average molecular weight is 422 g/mol. The second-order valence-electron chi connectivity index (χ2n) is 5.90. The summed E-state index contributed by atoms with van der Waals surface area (Å²) in [5.74, 6) is 1.76. The van der Waals surface area contributed by atoms with Gasteiger partial charge in [0.15, 0.2) is 0 Å². The fourth-order valence-electron chi connectivity index (χ4n) is 2.26. The SMILES string of the molecule is Cc1ccc(-c2noc(CNC(=O)CSCc3ccc(Cl)c(Cl)c3)n2)cc1.